The van der Waals surface area contributed by atoms with E-state index in [1.807, 2.05) is 61.5 Å². The summed E-state index contributed by atoms with van der Waals surface area (Å²) in [7, 11) is 0. The van der Waals surface area contributed by atoms with E-state index in [2.05, 4.69) is 52.1 Å². The van der Waals surface area contributed by atoms with Crippen molar-refractivity contribution in [2.24, 2.45) is 0 Å². The van der Waals surface area contributed by atoms with Gasteiger partial charge in [-0.2, -0.15) is 15.0 Å². The molecule has 0 atom stereocenters. The second-order valence-corrected chi connectivity index (χ2v) is 8.72. The van der Waals surface area contributed by atoms with Crippen LogP contribution in [0.5, 0.6) is 0 Å². The number of nitrogen functional groups attached to an aromatic ring is 1. The third-order valence-electron chi connectivity index (χ3n) is 5.26. The van der Waals surface area contributed by atoms with Crippen molar-refractivity contribution in [3.63, 3.8) is 0 Å². The number of aromatic nitrogens is 7. The lowest BCUT2D eigenvalue weighted by Crippen LogP contribution is -2.08. The van der Waals surface area contributed by atoms with Gasteiger partial charge in [0.2, 0.25) is 11.9 Å². The summed E-state index contributed by atoms with van der Waals surface area (Å²) in [5, 5.41) is 12.9. The first-order valence-electron chi connectivity index (χ1n) is 11.0. The molecule has 0 saturated heterocycles. The topological polar surface area (TPSA) is 120 Å². The standard InChI is InChI=1S/C25H23N9S/c1-17-7-5-6-10-20(17)28-24-30-21(29-23(26)31-24)16-35-25-33-32-22(19-11-13-27-14-12-19)34(25)15-18-8-3-2-4-9-18/h2-14H,15-16H2,1H3,(H3,26,28,29,30,31). The molecule has 5 aromatic rings. The number of hydrogen-bond acceptors (Lipinski definition) is 9. The quantitative estimate of drug-likeness (QED) is 0.309. The molecule has 3 heterocycles. The van der Waals surface area contributed by atoms with Crippen LogP contribution in [0.4, 0.5) is 17.6 Å². The van der Waals surface area contributed by atoms with E-state index < -0.39 is 0 Å². The van der Waals surface area contributed by atoms with Gasteiger partial charge in [-0.15, -0.1) is 10.2 Å². The third kappa shape index (κ3) is 5.44. The van der Waals surface area contributed by atoms with E-state index in [1.165, 1.54) is 11.8 Å². The molecule has 0 unspecified atom stereocenters. The summed E-state index contributed by atoms with van der Waals surface area (Å²) in [6, 6.07) is 22.0. The Kier molecular flexibility index (Phi) is 6.62. The Bertz CT molecular complexity index is 1420. The van der Waals surface area contributed by atoms with E-state index in [4.69, 9.17) is 5.73 Å². The zero-order valence-electron chi connectivity index (χ0n) is 19.0. The maximum absolute atomic E-state index is 5.98. The van der Waals surface area contributed by atoms with Gasteiger partial charge in [0.15, 0.2) is 11.0 Å². The number of aryl methyl sites for hydroxylation is 1. The number of thioether (sulfide) groups is 1. The molecule has 0 saturated carbocycles. The maximum Gasteiger partial charge on any atom is 0.232 e. The molecule has 0 bridgehead atoms. The minimum Gasteiger partial charge on any atom is -0.368 e. The highest BCUT2D eigenvalue weighted by Gasteiger charge is 2.16. The highest BCUT2D eigenvalue weighted by Crippen LogP contribution is 2.27. The van der Waals surface area contributed by atoms with E-state index in [1.54, 1.807) is 12.4 Å². The second-order valence-electron chi connectivity index (χ2n) is 7.78. The van der Waals surface area contributed by atoms with Gasteiger partial charge in [-0.25, -0.2) is 0 Å². The van der Waals surface area contributed by atoms with Gasteiger partial charge in [0.05, 0.1) is 12.3 Å². The van der Waals surface area contributed by atoms with Crippen molar-refractivity contribution in [3.8, 4) is 11.4 Å². The summed E-state index contributed by atoms with van der Waals surface area (Å²) in [4.78, 5) is 17.2. The predicted molar refractivity (Wildman–Crippen MR) is 137 cm³/mol. The highest BCUT2D eigenvalue weighted by atomic mass is 32.2. The van der Waals surface area contributed by atoms with Crippen LogP contribution in [0.15, 0.2) is 84.3 Å². The Balaban J connectivity index is 1.40. The van der Waals surface area contributed by atoms with Crippen LogP contribution in [-0.4, -0.2) is 34.7 Å². The van der Waals surface area contributed by atoms with E-state index in [0.29, 0.717) is 24.1 Å². The molecule has 2 aromatic carbocycles. The minimum absolute atomic E-state index is 0.162. The molecular weight excluding hydrogens is 458 g/mol. The summed E-state index contributed by atoms with van der Waals surface area (Å²) in [6.45, 7) is 2.65. The van der Waals surface area contributed by atoms with E-state index in [-0.39, 0.29) is 5.95 Å². The molecule has 0 spiro atoms. The number of nitrogens with two attached hydrogens (primary N) is 1. The fraction of sp³-hybridized carbons (Fsp3) is 0.120. The van der Waals surface area contributed by atoms with Crippen molar-refractivity contribution in [2.45, 2.75) is 24.4 Å². The number of nitrogens with zero attached hydrogens (tertiary/aromatic N) is 7. The molecule has 5 rings (SSSR count). The SMILES string of the molecule is Cc1ccccc1Nc1nc(N)nc(CSc2nnc(-c3ccncc3)n2Cc2ccccc2)n1. The Labute approximate surface area is 206 Å². The molecule has 174 valence electrons. The molecule has 3 aromatic heterocycles. The molecule has 0 radical (unpaired) electrons. The van der Waals surface area contributed by atoms with Crippen LogP contribution in [-0.2, 0) is 12.3 Å². The molecule has 35 heavy (non-hydrogen) atoms. The minimum atomic E-state index is 0.162. The number of benzene rings is 2. The number of para-hydroxylation sites is 1. The number of anilines is 3. The van der Waals surface area contributed by atoms with Crippen LogP contribution in [0.1, 0.15) is 17.0 Å². The van der Waals surface area contributed by atoms with Crippen LogP contribution in [0.25, 0.3) is 11.4 Å². The Morgan fingerprint density at radius 3 is 2.46 bits per heavy atom. The first-order chi connectivity index (χ1) is 17.2. The number of hydrogen-bond donors (Lipinski definition) is 2. The van der Waals surface area contributed by atoms with Crippen molar-refractivity contribution in [1.82, 2.24) is 34.7 Å². The van der Waals surface area contributed by atoms with Crippen molar-refractivity contribution in [2.75, 3.05) is 11.1 Å². The summed E-state index contributed by atoms with van der Waals surface area (Å²) in [6.07, 6.45) is 3.50. The van der Waals surface area contributed by atoms with Crippen LogP contribution < -0.4 is 11.1 Å². The van der Waals surface area contributed by atoms with Crippen LogP contribution >= 0.6 is 11.8 Å². The normalized spacial score (nSPS) is 10.9. The first-order valence-corrected chi connectivity index (χ1v) is 12.0. The van der Waals surface area contributed by atoms with Gasteiger partial charge in [0.25, 0.3) is 0 Å². The monoisotopic (exact) mass is 481 g/mol. The molecule has 0 amide bonds. The molecule has 0 aliphatic rings. The smallest absolute Gasteiger partial charge is 0.232 e. The fourth-order valence-corrected chi connectivity index (χ4v) is 4.33. The average molecular weight is 482 g/mol. The zero-order chi connectivity index (χ0) is 24.0. The number of pyridine rings is 1. The lowest BCUT2D eigenvalue weighted by Gasteiger charge is -2.11. The van der Waals surface area contributed by atoms with Crippen molar-refractivity contribution in [1.29, 1.82) is 0 Å². The average Bonchev–Trinajstić information content (AvgIpc) is 3.27. The lowest BCUT2D eigenvalue weighted by atomic mass is 10.2. The molecule has 3 N–H and O–H groups in total. The zero-order valence-corrected chi connectivity index (χ0v) is 19.9. The molecule has 0 aliphatic carbocycles. The summed E-state index contributed by atoms with van der Waals surface area (Å²) < 4.78 is 2.09. The fourth-order valence-electron chi connectivity index (χ4n) is 3.54. The van der Waals surface area contributed by atoms with Crippen LogP contribution in [0, 0.1) is 6.92 Å². The molecule has 9 nitrogen and oxygen atoms in total. The summed E-state index contributed by atoms with van der Waals surface area (Å²) >= 11 is 1.50. The van der Waals surface area contributed by atoms with Gasteiger partial charge in [-0.3, -0.25) is 9.55 Å². The van der Waals surface area contributed by atoms with Gasteiger partial charge in [0, 0.05) is 23.6 Å². The van der Waals surface area contributed by atoms with Crippen molar-refractivity contribution < 1.29 is 0 Å². The highest BCUT2D eigenvalue weighted by molar-refractivity contribution is 7.98. The molecule has 0 fully saturated rings. The third-order valence-corrected chi connectivity index (χ3v) is 6.22. The Hall–Kier alpha value is -4.31. The number of rotatable bonds is 8. The molecule has 0 aliphatic heterocycles. The number of nitrogens with one attached hydrogen (secondary N) is 1. The van der Waals surface area contributed by atoms with Gasteiger partial charge in [-0.1, -0.05) is 60.3 Å². The van der Waals surface area contributed by atoms with Gasteiger partial charge < -0.3 is 11.1 Å². The Morgan fingerprint density at radius 2 is 1.66 bits per heavy atom. The van der Waals surface area contributed by atoms with E-state index >= 15 is 0 Å². The second kappa shape index (κ2) is 10.3. The Morgan fingerprint density at radius 1 is 0.886 bits per heavy atom. The largest absolute Gasteiger partial charge is 0.368 e. The van der Waals surface area contributed by atoms with Gasteiger partial charge >= 0.3 is 0 Å². The van der Waals surface area contributed by atoms with E-state index in [9.17, 15) is 0 Å². The van der Waals surface area contributed by atoms with E-state index in [0.717, 1.165) is 33.4 Å². The summed E-state index contributed by atoms with van der Waals surface area (Å²) in [5.74, 6) is 2.35. The van der Waals surface area contributed by atoms with Crippen molar-refractivity contribution >= 4 is 29.3 Å². The van der Waals surface area contributed by atoms with Crippen molar-refractivity contribution in [3.05, 3.63) is 96.1 Å². The molecule has 10 heteroatoms. The van der Waals surface area contributed by atoms with Crippen LogP contribution in [0.3, 0.4) is 0 Å². The lowest BCUT2D eigenvalue weighted by molar-refractivity contribution is 0.714. The maximum atomic E-state index is 5.98. The van der Waals surface area contributed by atoms with Gasteiger partial charge in [0.1, 0.15) is 5.82 Å². The van der Waals surface area contributed by atoms with Crippen LogP contribution in [0.2, 0.25) is 0 Å². The summed E-state index contributed by atoms with van der Waals surface area (Å²) in [5.41, 5.74) is 10.1. The molecular formula is C25H23N9S. The van der Waals surface area contributed by atoms with Gasteiger partial charge in [-0.05, 0) is 36.2 Å². The first kappa shape index (κ1) is 22.5. The predicted octanol–water partition coefficient (Wildman–Crippen LogP) is 4.50.